The Balaban J connectivity index is 1.39. The van der Waals surface area contributed by atoms with Gasteiger partial charge in [0.25, 0.3) is 5.91 Å². The highest BCUT2D eigenvalue weighted by molar-refractivity contribution is 7.16. The third-order valence-corrected chi connectivity index (χ3v) is 6.39. The molecule has 2 N–H and O–H groups in total. The second kappa shape index (κ2) is 7.75. The van der Waals surface area contributed by atoms with E-state index in [1.54, 1.807) is 17.4 Å². The van der Waals surface area contributed by atoms with Gasteiger partial charge in [-0.2, -0.15) is 13.2 Å². The fourth-order valence-corrected chi connectivity index (χ4v) is 4.60. The van der Waals surface area contributed by atoms with Gasteiger partial charge < -0.3 is 15.5 Å². The summed E-state index contributed by atoms with van der Waals surface area (Å²) in [5.41, 5.74) is 0.690. The molecule has 5 rings (SSSR count). The minimum absolute atomic E-state index is 0.0351. The van der Waals surface area contributed by atoms with E-state index in [0.29, 0.717) is 21.4 Å². The van der Waals surface area contributed by atoms with E-state index in [2.05, 4.69) is 15.2 Å². The highest BCUT2D eigenvalue weighted by Gasteiger charge is 2.38. The van der Waals surface area contributed by atoms with Gasteiger partial charge >= 0.3 is 12.1 Å². The van der Waals surface area contributed by atoms with E-state index in [9.17, 15) is 22.8 Å². The molecule has 2 bridgehead atoms. The number of fused-ring (bicyclic) bond motifs is 3. The Morgan fingerprint density at radius 2 is 1.83 bits per heavy atom. The molecule has 3 aliphatic heterocycles. The molecule has 154 valence electrons. The number of nitrogens with one attached hydrogen (secondary N) is 2. The Morgan fingerprint density at radius 1 is 1.14 bits per heavy atom. The van der Waals surface area contributed by atoms with E-state index in [4.69, 9.17) is 0 Å². The molecule has 1 atom stereocenters. The van der Waals surface area contributed by atoms with Crippen LogP contribution in [0.15, 0.2) is 30.5 Å². The number of hydrogen-bond acceptors (Lipinski definition) is 5. The number of anilines is 1. The molecule has 3 aliphatic rings. The van der Waals surface area contributed by atoms with Gasteiger partial charge in [0.2, 0.25) is 0 Å². The van der Waals surface area contributed by atoms with Crippen LogP contribution in [0.5, 0.6) is 0 Å². The second-order valence-electron chi connectivity index (χ2n) is 7.28. The summed E-state index contributed by atoms with van der Waals surface area (Å²) in [4.78, 5) is 30.7. The van der Waals surface area contributed by atoms with E-state index in [1.807, 2.05) is 0 Å². The molecule has 4 heterocycles. The van der Waals surface area contributed by atoms with E-state index in [-0.39, 0.29) is 17.6 Å². The number of amides is 2. The zero-order valence-corrected chi connectivity index (χ0v) is 16.1. The van der Waals surface area contributed by atoms with Crippen molar-refractivity contribution in [1.82, 2.24) is 15.2 Å². The van der Waals surface area contributed by atoms with Crippen molar-refractivity contribution >= 4 is 28.8 Å². The molecule has 0 radical (unpaired) electrons. The molecule has 0 saturated carbocycles. The molecule has 10 heteroatoms. The fraction of sp³-hybridized carbons (Fsp3) is 0.421. The Morgan fingerprint density at radius 3 is 2.41 bits per heavy atom. The van der Waals surface area contributed by atoms with Gasteiger partial charge in [-0.3, -0.25) is 9.59 Å². The monoisotopic (exact) mass is 424 g/mol. The van der Waals surface area contributed by atoms with E-state index >= 15 is 0 Å². The summed E-state index contributed by atoms with van der Waals surface area (Å²) < 4.78 is 36.9. The first-order valence-corrected chi connectivity index (χ1v) is 10.1. The molecular formula is C19H19F3N4O2S. The normalized spacial score (nSPS) is 23.6. The molecule has 6 nitrogen and oxygen atoms in total. The number of thiazole rings is 1. The zero-order valence-electron chi connectivity index (χ0n) is 15.3. The third-order valence-electron chi connectivity index (χ3n) is 5.35. The number of carbonyl (C=O) groups excluding carboxylic acids is 2. The van der Waals surface area contributed by atoms with Crippen LogP contribution < -0.4 is 10.6 Å². The highest BCUT2D eigenvalue weighted by Crippen LogP contribution is 2.29. The average Bonchev–Trinajstić information content (AvgIpc) is 3.19. The van der Waals surface area contributed by atoms with Crippen LogP contribution in [0.25, 0.3) is 10.6 Å². The largest absolute Gasteiger partial charge is 0.471 e. The number of alkyl halides is 3. The van der Waals surface area contributed by atoms with Gasteiger partial charge in [0.1, 0.15) is 9.88 Å². The Labute approximate surface area is 169 Å². The smallest absolute Gasteiger partial charge is 0.347 e. The summed E-state index contributed by atoms with van der Waals surface area (Å²) in [6.45, 7) is 3.08. The minimum atomic E-state index is -4.94. The number of benzene rings is 1. The Hall–Kier alpha value is -2.46. The molecule has 0 spiro atoms. The molecule has 1 aromatic carbocycles. The van der Waals surface area contributed by atoms with Crippen LogP contribution in [0.3, 0.4) is 0 Å². The van der Waals surface area contributed by atoms with Crippen molar-refractivity contribution in [1.29, 1.82) is 0 Å². The van der Waals surface area contributed by atoms with Crippen molar-refractivity contribution in [2.24, 2.45) is 5.92 Å². The quantitative estimate of drug-likeness (QED) is 0.791. The molecule has 3 fully saturated rings. The minimum Gasteiger partial charge on any atom is -0.347 e. The lowest BCUT2D eigenvalue weighted by atomic mass is 9.84. The van der Waals surface area contributed by atoms with Crippen molar-refractivity contribution in [3.63, 3.8) is 0 Å². The van der Waals surface area contributed by atoms with Crippen molar-refractivity contribution in [2.75, 3.05) is 25.0 Å². The average molecular weight is 424 g/mol. The maximum absolute atomic E-state index is 12.6. The second-order valence-corrected chi connectivity index (χ2v) is 8.31. The van der Waals surface area contributed by atoms with E-state index < -0.39 is 12.1 Å². The van der Waals surface area contributed by atoms with Crippen LogP contribution in [-0.4, -0.2) is 53.6 Å². The van der Waals surface area contributed by atoms with E-state index in [0.717, 1.165) is 32.5 Å². The van der Waals surface area contributed by atoms with Gasteiger partial charge in [-0.15, -0.1) is 11.3 Å². The summed E-state index contributed by atoms with van der Waals surface area (Å²) in [6, 6.07) is 6.01. The number of aromatic nitrogens is 1. The molecule has 1 aromatic heterocycles. The molecular weight excluding hydrogens is 405 g/mol. The van der Waals surface area contributed by atoms with E-state index in [1.165, 1.54) is 29.7 Å². The maximum Gasteiger partial charge on any atom is 0.471 e. The fourth-order valence-electron chi connectivity index (χ4n) is 3.78. The predicted molar refractivity (Wildman–Crippen MR) is 103 cm³/mol. The first-order chi connectivity index (χ1) is 13.8. The van der Waals surface area contributed by atoms with Gasteiger partial charge in [-0.05, 0) is 56.1 Å². The van der Waals surface area contributed by atoms with Crippen molar-refractivity contribution in [3.05, 3.63) is 35.3 Å². The van der Waals surface area contributed by atoms with Crippen LogP contribution in [0, 0.1) is 5.92 Å². The van der Waals surface area contributed by atoms with Gasteiger partial charge in [-0.1, -0.05) is 0 Å². The van der Waals surface area contributed by atoms with Crippen LogP contribution in [0.2, 0.25) is 0 Å². The van der Waals surface area contributed by atoms with Crippen molar-refractivity contribution in [3.8, 4) is 10.6 Å². The first-order valence-electron chi connectivity index (χ1n) is 9.27. The van der Waals surface area contributed by atoms with Crippen LogP contribution >= 0.6 is 11.3 Å². The highest BCUT2D eigenvalue weighted by atomic mass is 32.1. The molecule has 29 heavy (non-hydrogen) atoms. The number of piperidine rings is 3. The Bertz CT molecular complexity index is 905. The molecule has 0 aliphatic carbocycles. The molecule has 2 amide bonds. The first kappa shape index (κ1) is 19.8. The molecule has 1 unspecified atom stereocenters. The zero-order chi connectivity index (χ0) is 20.6. The lowest BCUT2D eigenvalue weighted by molar-refractivity contribution is -0.167. The standard InChI is InChI=1S/C19H19F3N4O2S/c20-19(21,22)18(28)24-13-3-1-12(2-4-13)17-23-9-15(29-17)16(27)25-14-10-26-7-5-11(14)6-8-26/h1-4,9,11,14H,5-8,10H2,(H,24,28)(H,25,27). The summed E-state index contributed by atoms with van der Waals surface area (Å²) in [5.74, 6) is -1.65. The summed E-state index contributed by atoms with van der Waals surface area (Å²) in [6.07, 6.45) is -1.21. The van der Waals surface area contributed by atoms with Gasteiger partial charge in [0.05, 0.1) is 6.20 Å². The summed E-state index contributed by atoms with van der Waals surface area (Å²) >= 11 is 1.22. The summed E-state index contributed by atoms with van der Waals surface area (Å²) in [7, 11) is 0. The lowest BCUT2D eigenvalue weighted by Gasteiger charge is -2.44. The number of carbonyl (C=O) groups is 2. The van der Waals surface area contributed by atoms with Gasteiger partial charge in [0.15, 0.2) is 0 Å². The van der Waals surface area contributed by atoms with Crippen LogP contribution in [0.4, 0.5) is 18.9 Å². The van der Waals surface area contributed by atoms with Crippen LogP contribution in [-0.2, 0) is 4.79 Å². The topological polar surface area (TPSA) is 74.3 Å². The van der Waals surface area contributed by atoms with Crippen molar-refractivity contribution < 1.29 is 22.8 Å². The summed E-state index contributed by atoms with van der Waals surface area (Å²) in [5, 5.41) is 5.49. The SMILES string of the molecule is O=C(NC1CN2CCC1CC2)c1cnc(-c2ccc(NC(=O)C(F)(F)F)cc2)s1. The molecule has 2 aromatic rings. The lowest BCUT2D eigenvalue weighted by Crippen LogP contribution is -2.57. The maximum atomic E-state index is 12.6. The predicted octanol–water partition coefficient (Wildman–Crippen LogP) is 3.13. The number of hydrogen-bond donors (Lipinski definition) is 2. The number of nitrogens with zero attached hydrogens (tertiary/aromatic N) is 2. The van der Waals surface area contributed by atoms with Crippen LogP contribution in [0.1, 0.15) is 22.5 Å². The van der Waals surface area contributed by atoms with Gasteiger partial charge in [-0.25, -0.2) is 4.98 Å². The number of rotatable bonds is 4. The number of halogens is 3. The third kappa shape index (κ3) is 4.43. The molecule has 3 saturated heterocycles. The van der Waals surface area contributed by atoms with Gasteiger partial charge in [0, 0.05) is 23.8 Å². The van der Waals surface area contributed by atoms with Crippen molar-refractivity contribution in [2.45, 2.75) is 25.1 Å². The Kier molecular flexibility index (Phi) is 5.30.